The van der Waals surface area contributed by atoms with Gasteiger partial charge in [-0.3, -0.25) is 20.4 Å². The number of hydrogen-bond acceptors (Lipinski definition) is 4. The lowest BCUT2D eigenvalue weighted by Crippen LogP contribution is -2.41. The van der Waals surface area contributed by atoms with Gasteiger partial charge in [0.15, 0.2) is 11.5 Å². The lowest BCUT2D eigenvalue weighted by molar-refractivity contribution is 0.0846. The van der Waals surface area contributed by atoms with E-state index in [9.17, 15) is 14.0 Å². The van der Waals surface area contributed by atoms with Gasteiger partial charge in [0.05, 0.1) is 29.3 Å². The molecule has 0 fully saturated rings. The SMILES string of the molecule is CCCOc1ccc(C(=O)NNC(=O)c2cc(F)c(Cl)cc2Cl)cc1OC. The van der Waals surface area contributed by atoms with Crippen LogP contribution in [0.2, 0.25) is 10.0 Å². The van der Waals surface area contributed by atoms with Crippen molar-refractivity contribution in [2.45, 2.75) is 13.3 Å². The second-order valence-corrected chi connectivity index (χ2v) is 6.18. The topological polar surface area (TPSA) is 76.7 Å². The zero-order chi connectivity index (χ0) is 20.0. The van der Waals surface area contributed by atoms with Crippen LogP contribution in [0.15, 0.2) is 30.3 Å². The first kappa shape index (κ1) is 20.8. The number of carbonyl (C=O) groups is 2. The van der Waals surface area contributed by atoms with Gasteiger partial charge in [0.25, 0.3) is 11.8 Å². The minimum Gasteiger partial charge on any atom is -0.493 e. The van der Waals surface area contributed by atoms with Crippen LogP contribution in [0.3, 0.4) is 0 Å². The van der Waals surface area contributed by atoms with Crippen molar-refractivity contribution in [3.05, 3.63) is 57.3 Å². The largest absolute Gasteiger partial charge is 0.493 e. The van der Waals surface area contributed by atoms with Crippen LogP contribution in [0, 0.1) is 5.82 Å². The predicted octanol–water partition coefficient (Wildman–Crippen LogP) is 4.00. The molecule has 0 saturated heterocycles. The van der Waals surface area contributed by atoms with Gasteiger partial charge in [0.2, 0.25) is 0 Å². The molecule has 0 unspecified atom stereocenters. The monoisotopic (exact) mass is 414 g/mol. The van der Waals surface area contributed by atoms with E-state index in [0.29, 0.717) is 18.1 Å². The summed E-state index contributed by atoms with van der Waals surface area (Å²) >= 11 is 11.5. The van der Waals surface area contributed by atoms with Gasteiger partial charge in [-0.25, -0.2) is 4.39 Å². The third kappa shape index (κ3) is 5.24. The van der Waals surface area contributed by atoms with Gasteiger partial charge in [0, 0.05) is 5.56 Å². The van der Waals surface area contributed by atoms with Crippen molar-refractivity contribution >= 4 is 35.0 Å². The normalized spacial score (nSPS) is 10.3. The van der Waals surface area contributed by atoms with Crippen LogP contribution in [0.1, 0.15) is 34.1 Å². The summed E-state index contributed by atoms with van der Waals surface area (Å²) in [6, 6.07) is 6.58. The number of hydrogen-bond donors (Lipinski definition) is 2. The van der Waals surface area contributed by atoms with E-state index >= 15 is 0 Å². The van der Waals surface area contributed by atoms with Crippen LogP contribution in [-0.4, -0.2) is 25.5 Å². The van der Waals surface area contributed by atoms with Gasteiger partial charge in [-0.2, -0.15) is 0 Å². The van der Waals surface area contributed by atoms with Crippen molar-refractivity contribution in [1.29, 1.82) is 0 Å². The Morgan fingerprint density at radius 3 is 2.41 bits per heavy atom. The quantitative estimate of drug-likeness (QED) is 0.552. The van der Waals surface area contributed by atoms with Crippen LogP contribution in [0.4, 0.5) is 4.39 Å². The number of halogens is 3. The van der Waals surface area contributed by atoms with E-state index in [0.717, 1.165) is 18.6 Å². The molecular formula is C18H17Cl2FN2O4. The first-order valence-electron chi connectivity index (χ1n) is 7.93. The Morgan fingerprint density at radius 1 is 1.04 bits per heavy atom. The average Bonchev–Trinajstić information content (AvgIpc) is 2.66. The molecule has 0 aromatic heterocycles. The van der Waals surface area contributed by atoms with Crippen LogP contribution < -0.4 is 20.3 Å². The number of methoxy groups -OCH3 is 1. The van der Waals surface area contributed by atoms with Gasteiger partial charge in [0.1, 0.15) is 5.82 Å². The average molecular weight is 415 g/mol. The predicted molar refractivity (Wildman–Crippen MR) is 100 cm³/mol. The molecule has 0 aliphatic carbocycles. The van der Waals surface area contributed by atoms with Gasteiger partial charge in [-0.15, -0.1) is 0 Å². The maximum absolute atomic E-state index is 13.5. The lowest BCUT2D eigenvalue weighted by atomic mass is 10.2. The highest BCUT2D eigenvalue weighted by atomic mass is 35.5. The van der Waals surface area contributed by atoms with E-state index in [1.807, 2.05) is 6.92 Å². The fraction of sp³-hybridized carbons (Fsp3) is 0.222. The number of benzene rings is 2. The van der Waals surface area contributed by atoms with E-state index in [4.69, 9.17) is 32.7 Å². The van der Waals surface area contributed by atoms with E-state index in [1.54, 1.807) is 6.07 Å². The van der Waals surface area contributed by atoms with Crippen LogP contribution >= 0.6 is 23.2 Å². The molecule has 0 spiro atoms. The molecule has 2 rings (SSSR count). The summed E-state index contributed by atoms with van der Waals surface area (Å²) in [5.74, 6) is -1.31. The number of nitrogens with one attached hydrogen (secondary N) is 2. The highest BCUT2D eigenvalue weighted by molar-refractivity contribution is 6.36. The Labute approximate surface area is 165 Å². The molecule has 6 nitrogen and oxygen atoms in total. The summed E-state index contributed by atoms with van der Waals surface area (Å²) in [6.45, 7) is 2.48. The summed E-state index contributed by atoms with van der Waals surface area (Å²) in [6.07, 6.45) is 0.825. The molecule has 0 bridgehead atoms. The summed E-state index contributed by atoms with van der Waals surface area (Å²) in [5, 5.41) is -0.259. The summed E-state index contributed by atoms with van der Waals surface area (Å²) < 4.78 is 24.2. The molecule has 2 aromatic rings. The van der Waals surface area contributed by atoms with E-state index < -0.39 is 17.6 Å². The maximum Gasteiger partial charge on any atom is 0.271 e. The van der Waals surface area contributed by atoms with Crippen LogP contribution in [-0.2, 0) is 0 Å². The van der Waals surface area contributed by atoms with Crippen molar-refractivity contribution in [3.63, 3.8) is 0 Å². The molecule has 2 amide bonds. The Hall–Kier alpha value is -2.51. The van der Waals surface area contributed by atoms with Gasteiger partial charge in [-0.1, -0.05) is 30.1 Å². The molecule has 0 radical (unpaired) electrons. The fourth-order valence-corrected chi connectivity index (χ4v) is 2.56. The van der Waals surface area contributed by atoms with Gasteiger partial charge >= 0.3 is 0 Å². The molecule has 0 atom stereocenters. The summed E-state index contributed by atoms with van der Waals surface area (Å²) in [7, 11) is 1.45. The highest BCUT2D eigenvalue weighted by Gasteiger charge is 2.16. The van der Waals surface area contributed by atoms with Crippen molar-refractivity contribution < 1.29 is 23.5 Å². The Kier molecular flexibility index (Phi) is 7.27. The molecule has 0 heterocycles. The van der Waals surface area contributed by atoms with E-state index in [-0.39, 0.29) is 21.2 Å². The van der Waals surface area contributed by atoms with Crippen molar-refractivity contribution in [3.8, 4) is 11.5 Å². The summed E-state index contributed by atoms with van der Waals surface area (Å²) in [4.78, 5) is 24.3. The molecule has 0 aliphatic heterocycles. The molecule has 144 valence electrons. The summed E-state index contributed by atoms with van der Waals surface area (Å²) in [5.41, 5.74) is 4.45. The number of amides is 2. The molecule has 27 heavy (non-hydrogen) atoms. The number of rotatable bonds is 6. The number of hydrazine groups is 1. The van der Waals surface area contributed by atoms with Gasteiger partial charge < -0.3 is 9.47 Å². The smallest absolute Gasteiger partial charge is 0.271 e. The van der Waals surface area contributed by atoms with Gasteiger partial charge in [-0.05, 0) is 36.8 Å². The lowest BCUT2D eigenvalue weighted by Gasteiger charge is -2.12. The minimum atomic E-state index is -0.801. The zero-order valence-corrected chi connectivity index (χ0v) is 16.1. The highest BCUT2D eigenvalue weighted by Crippen LogP contribution is 2.28. The molecule has 2 aromatic carbocycles. The maximum atomic E-state index is 13.5. The zero-order valence-electron chi connectivity index (χ0n) is 14.6. The molecule has 0 aliphatic rings. The van der Waals surface area contributed by atoms with Crippen LogP contribution in [0.25, 0.3) is 0 Å². The first-order chi connectivity index (χ1) is 12.9. The first-order valence-corrected chi connectivity index (χ1v) is 8.69. The third-order valence-corrected chi connectivity index (χ3v) is 4.03. The standard InChI is InChI=1S/C18H17Cl2FN2O4/c1-3-6-27-15-5-4-10(7-16(15)26-2)17(24)22-23-18(25)11-8-14(21)13(20)9-12(11)19/h4-5,7-9H,3,6H2,1-2H3,(H,22,24)(H,23,25). The second kappa shape index (κ2) is 9.43. The Balaban J connectivity index is 2.07. The van der Waals surface area contributed by atoms with Crippen molar-refractivity contribution in [2.75, 3.05) is 13.7 Å². The molecule has 0 saturated carbocycles. The molecule has 2 N–H and O–H groups in total. The molecular weight excluding hydrogens is 398 g/mol. The third-order valence-electron chi connectivity index (χ3n) is 3.43. The van der Waals surface area contributed by atoms with Crippen molar-refractivity contribution in [1.82, 2.24) is 10.9 Å². The molecule has 9 heteroatoms. The Morgan fingerprint density at radius 2 is 1.74 bits per heavy atom. The Bertz CT molecular complexity index is 861. The van der Waals surface area contributed by atoms with Crippen molar-refractivity contribution in [2.24, 2.45) is 0 Å². The fourth-order valence-electron chi connectivity index (χ4n) is 2.09. The number of carbonyl (C=O) groups excluding carboxylic acids is 2. The minimum absolute atomic E-state index is 0.0488. The second-order valence-electron chi connectivity index (χ2n) is 5.37. The van der Waals surface area contributed by atoms with Crippen LogP contribution in [0.5, 0.6) is 11.5 Å². The number of ether oxygens (including phenoxy) is 2. The van der Waals surface area contributed by atoms with E-state index in [2.05, 4.69) is 10.9 Å². The van der Waals surface area contributed by atoms with E-state index in [1.165, 1.54) is 19.2 Å².